The van der Waals surface area contributed by atoms with E-state index in [0.29, 0.717) is 36.3 Å². The van der Waals surface area contributed by atoms with Crippen LogP contribution in [-0.2, 0) is 30.7 Å². The number of nitrogens with one attached hydrogen (secondary N) is 2. The Bertz CT molecular complexity index is 1050. The van der Waals surface area contributed by atoms with Gasteiger partial charge in [-0.2, -0.15) is 10.1 Å². The van der Waals surface area contributed by atoms with Crippen molar-refractivity contribution in [3.05, 3.63) is 46.8 Å². The van der Waals surface area contributed by atoms with E-state index < -0.39 is 0 Å². The van der Waals surface area contributed by atoms with Crippen molar-refractivity contribution < 1.29 is 9.26 Å². The lowest BCUT2D eigenvalue weighted by molar-refractivity contribution is 0.177. The Kier molecular flexibility index (Phi) is 6.78. The lowest BCUT2D eigenvalue weighted by Crippen LogP contribution is -2.47. The standard InChI is InChI=1S/C20H25ClN8O2/c1-22-20(24-15-6-7-17-25-16(12-30-2)27-29(17)11-15)23-9-8-18-26-19(28-31-18)13-4-3-5-14(21)10-13/h3-5,10,15H,6-9,11-12H2,1-2H3,(H2,22,23,24). The molecular weight excluding hydrogens is 420 g/mol. The maximum Gasteiger partial charge on any atom is 0.228 e. The van der Waals surface area contributed by atoms with Gasteiger partial charge in [0.2, 0.25) is 11.7 Å². The van der Waals surface area contributed by atoms with Crippen LogP contribution in [0.25, 0.3) is 11.4 Å². The first-order valence-corrected chi connectivity index (χ1v) is 10.5. The molecule has 0 bridgehead atoms. The van der Waals surface area contributed by atoms with E-state index in [1.807, 2.05) is 28.9 Å². The van der Waals surface area contributed by atoms with Crippen LogP contribution in [0, 0.1) is 0 Å². The van der Waals surface area contributed by atoms with Crippen LogP contribution in [0.2, 0.25) is 5.02 Å². The number of nitrogens with zero attached hydrogens (tertiary/aromatic N) is 6. The second-order valence-electron chi connectivity index (χ2n) is 7.21. The zero-order valence-electron chi connectivity index (χ0n) is 17.5. The Balaban J connectivity index is 1.27. The van der Waals surface area contributed by atoms with Gasteiger partial charge >= 0.3 is 0 Å². The molecule has 3 heterocycles. The molecule has 0 spiro atoms. The van der Waals surface area contributed by atoms with Gasteiger partial charge in [0.05, 0.1) is 6.54 Å². The number of fused-ring (bicyclic) bond motifs is 1. The number of aryl methyl sites for hydroxylation is 1. The van der Waals surface area contributed by atoms with Crippen molar-refractivity contribution in [2.75, 3.05) is 20.7 Å². The number of ether oxygens (including phenoxy) is 1. The van der Waals surface area contributed by atoms with E-state index in [9.17, 15) is 0 Å². The fraction of sp³-hybridized carbons (Fsp3) is 0.450. The van der Waals surface area contributed by atoms with Crippen LogP contribution in [0.3, 0.4) is 0 Å². The van der Waals surface area contributed by atoms with Gasteiger partial charge in [-0.3, -0.25) is 4.99 Å². The number of aromatic nitrogens is 5. The zero-order valence-corrected chi connectivity index (χ0v) is 18.3. The molecule has 1 aliphatic heterocycles. The molecular formula is C20H25ClN8O2. The Morgan fingerprint density at radius 2 is 2.29 bits per heavy atom. The number of hydrogen-bond donors (Lipinski definition) is 2. The minimum absolute atomic E-state index is 0.216. The third kappa shape index (κ3) is 5.39. The van der Waals surface area contributed by atoms with Gasteiger partial charge in [0.15, 0.2) is 11.8 Å². The molecule has 1 atom stereocenters. The molecule has 10 nitrogen and oxygen atoms in total. The van der Waals surface area contributed by atoms with Crippen LogP contribution < -0.4 is 10.6 Å². The van der Waals surface area contributed by atoms with Crippen LogP contribution in [-0.4, -0.2) is 57.6 Å². The molecule has 2 aromatic heterocycles. The molecule has 0 saturated heterocycles. The summed E-state index contributed by atoms with van der Waals surface area (Å²) in [6, 6.07) is 7.59. The van der Waals surface area contributed by atoms with E-state index in [4.69, 9.17) is 20.9 Å². The normalized spacial score (nSPS) is 16.2. The fourth-order valence-electron chi connectivity index (χ4n) is 3.45. The largest absolute Gasteiger partial charge is 0.377 e. The summed E-state index contributed by atoms with van der Waals surface area (Å²) in [4.78, 5) is 13.3. The molecule has 0 fully saturated rings. The molecule has 1 aromatic carbocycles. The number of guanidine groups is 1. The van der Waals surface area contributed by atoms with Gasteiger partial charge in [0, 0.05) is 50.2 Å². The minimum atomic E-state index is 0.216. The van der Waals surface area contributed by atoms with E-state index >= 15 is 0 Å². The van der Waals surface area contributed by atoms with Gasteiger partial charge in [-0.05, 0) is 18.6 Å². The van der Waals surface area contributed by atoms with E-state index in [2.05, 4.69) is 35.8 Å². The Hall–Kier alpha value is -2.98. The molecule has 164 valence electrons. The van der Waals surface area contributed by atoms with E-state index in [-0.39, 0.29) is 6.04 Å². The Labute approximate surface area is 185 Å². The molecule has 4 rings (SSSR count). The number of halogens is 1. The molecule has 2 N–H and O–H groups in total. The van der Waals surface area contributed by atoms with Crippen molar-refractivity contribution >= 4 is 17.6 Å². The highest BCUT2D eigenvalue weighted by Gasteiger charge is 2.22. The highest BCUT2D eigenvalue weighted by molar-refractivity contribution is 6.30. The second-order valence-corrected chi connectivity index (χ2v) is 7.65. The Morgan fingerprint density at radius 1 is 1.39 bits per heavy atom. The number of hydrogen-bond acceptors (Lipinski definition) is 7. The van der Waals surface area contributed by atoms with Gasteiger partial charge in [-0.25, -0.2) is 9.67 Å². The first-order chi connectivity index (χ1) is 15.1. The smallest absolute Gasteiger partial charge is 0.228 e. The summed E-state index contributed by atoms with van der Waals surface area (Å²) >= 11 is 6.03. The molecule has 3 aromatic rings. The zero-order chi connectivity index (χ0) is 21.6. The van der Waals surface area contributed by atoms with Crippen molar-refractivity contribution in [1.82, 2.24) is 35.5 Å². The molecule has 1 unspecified atom stereocenters. The fourth-order valence-corrected chi connectivity index (χ4v) is 3.64. The second kappa shape index (κ2) is 9.88. The van der Waals surface area contributed by atoms with Crippen molar-refractivity contribution in [2.24, 2.45) is 4.99 Å². The van der Waals surface area contributed by atoms with Gasteiger partial charge in [0.1, 0.15) is 12.4 Å². The lowest BCUT2D eigenvalue weighted by atomic mass is 10.1. The maximum atomic E-state index is 6.03. The van der Waals surface area contributed by atoms with Crippen molar-refractivity contribution in [1.29, 1.82) is 0 Å². The lowest BCUT2D eigenvalue weighted by Gasteiger charge is -2.25. The minimum Gasteiger partial charge on any atom is -0.377 e. The molecule has 0 aliphatic carbocycles. The number of methoxy groups -OCH3 is 1. The molecule has 31 heavy (non-hydrogen) atoms. The summed E-state index contributed by atoms with van der Waals surface area (Å²) in [5, 5.41) is 15.9. The summed E-state index contributed by atoms with van der Waals surface area (Å²) in [6.07, 6.45) is 2.39. The van der Waals surface area contributed by atoms with Crippen molar-refractivity contribution in [2.45, 2.75) is 38.5 Å². The van der Waals surface area contributed by atoms with E-state index in [1.54, 1.807) is 14.2 Å². The number of aliphatic imine (C=N–C) groups is 1. The predicted octanol–water partition coefficient (Wildman–Crippen LogP) is 1.85. The monoisotopic (exact) mass is 444 g/mol. The van der Waals surface area contributed by atoms with E-state index in [1.165, 1.54) is 0 Å². The number of benzene rings is 1. The van der Waals surface area contributed by atoms with Crippen molar-refractivity contribution in [3.63, 3.8) is 0 Å². The molecule has 1 aliphatic rings. The van der Waals surface area contributed by atoms with Crippen LogP contribution in [0.1, 0.15) is 24.0 Å². The first-order valence-electron chi connectivity index (χ1n) is 10.1. The highest BCUT2D eigenvalue weighted by atomic mass is 35.5. The van der Waals surface area contributed by atoms with Crippen LogP contribution in [0.4, 0.5) is 0 Å². The molecule has 0 saturated carbocycles. The summed E-state index contributed by atoms with van der Waals surface area (Å²) < 4.78 is 12.4. The average Bonchev–Trinajstić information content (AvgIpc) is 3.39. The average molecular weight is 445 g/mol. The van der Waals surface area contributed by atoms with Crippen LogP contribution in [0.15, 0.2) is 33.8 Å². The van der Waals surface area contributed by atoms with Crippen LogP contribution >= 0.6 is 11.6 Å². The summed E-state index contributed by atoms with van der Waals surface area (Å²) in [5.74, 6) is 3.52. The molecule has 0 radical (unpaired) electrons. The van der Waals surface area contributed by atoms with Crippen molar-refractivity contribution in [3.8, 4) is 11.4 Å². The SMILES string of the molecule is CN=C(NCCc1nc(-c2cccc(Cl)c2)no1)NC1CCc2nc(COC)nn2C1. The predicted molar refractivity (Wildman–Crippen MR) is 116 cm³/mol. The third-order valence-corrected chi connectivity index (χ3v) is 5.16. The van der Waals surface area contributed by atoms with Gasteiger partial charge in [-0.15, -0.1) is 0 Å². The molecule has 0 amide bonds. The highest BCUT2D eigenvalue weighted by Crippen LogP contribution is 2.20. The maximum absolute atomic E-state index is 6.03. The van der Waals surface area contributed by atoms with Gasteiger partial charge in [-0.1, -0.05) is 28.9 Å². The topological polar surface area (TPSA) is 115 Å². The number of rotatable bonds is 7. The summed E-state index contributed by atoms with van der Waals surface area (Å²) in [5.41, 5.74) is 0.825. The quantitative estimate of drug-likeness (QED) is 0.419. The van der Waals surface area contributed by atoms with Gasteiger partial charge in [0.25, 0.3) is 0 Å². The summed E-state index contributed by atoms with van der Waals surface area (Å²) in [6.45, 7) is 1.77. The first kappa shape index (κ1) is 21.3. The third-order valence-electron chi connectivity index (χ3n) is 4.92. The van der Waals surface area contributed by atoms with E-state index in [0.717, 1.165) is 42.6 Å². The van der Waals surface area contributed by atoms with Gasteiger partial charge < -0.3 is 19.9 Å². The van der Waals surface area contributed by atoms with Crippen LogP contribution in [0.5, 0.6) is 0 Å². The molecule has 11 heteroatoms. The Morgan fingerprint density at radius 3 is 3.10 bits per heavy atom. The summed E-state index contributed by atoms with van der Waals surface area (Å²) in [7, 11) is 3.39.